The third-order valence-corrected chi connectivity index (χ3v) is 9.14. The summed E-state index contributed by atoms with van der Waals surface area (Å²) in [4.78, 5) is 2.61. The molecule has 0 radical (unpaired) electrons. The van der Waals surface area contributed by atoms with Crippen LogP contribution in [-0.2, 0) is 10.8 Å². The Morgan fingerprint density at radius 3 is 1.97 bits per heavy atom. The van der Waals surface area contributed by atoms with Gasteiger partial charge >= 0.3 is 0 Å². The minimum absolute atomic E-state index is 0.0200. The van der Waals surface area contributed by atoms with E-state index >= 15 is 0 Å². The van der Waals surface area contributed by atoms with E-state index in [4.69, 9.17) is 0 Å². The standard InChI is InChI=1S/C36H33N/c1-35(2)28-17-11-12-18-32(28)37-33-20-19-26(24-13-7-5-8-14-24)21-29(33)36(3,4)31-23-27(22-30(35)34(31)37)25-15-9-6-10-16-25/h5-22,31H,23H2,1-4H3. The number of fused-ring (bicyclic) bond motifs is 4. The van der Waals surface area contributed by atoms with E-state index in [9.17, 15) is 0 Å². The predicted molar refractivity (Wildman–Crippen MR) is 156 cm³/mol. The molecule has 0 fully saturated rings. The summed E-state index contributed by atoms with van der Waals surface area (Å²) in [7, 11) is 0. The van der Waals surface area contributed by atoms with E-state index in [0.29, 0.717) is 5.92 Å². The quantitative estimate of drug-likeness (QED) is 0.277. The van der Waals surface area contributed by atoms with Gasteiger partial charge in [0.2, 0.25) is 0 Å². The zero-order valence-electron chi connectivity index (χ0n) is 22.1. The Labute approximate surface area is 220 Å². The number of anilines is 2. The molecule has 4 aromatic rings. The van der Waals surface area contributed by atoms with E-state index in [0.717, 1.165) is 6.42 Å². The molecule has 1 nitrogen and oxygen atoms in total. The Kier molecular flexibility index (Phi) is 4.73. The lowest BCUT2D eigenvalue weighted by Gasteiger charge is -2.55. The molecule has 182 valence electrons. The second kappa shape index (κ2) is 7.83. The number of hydrogen-bond acceptors (Lipinski definition) is 1. The molecule has 37 heavy (non-hydrogen) atoms. The summed E-state index contributed by atoms with van der Waals surface area (Å²) >= 11 is 0. The Bertz CT molecular complexity index is 1580. The van der Waals surface area contributed by atoms with Crippen molar-refractivity contribution in [3.8, 4) is 11.1 Å². The molecular formula is C36H33N. The van der Waals surface area contributed by atoms with Crippen molar-refractivity contribution in [3.63, 3.8) is 0 Å². The van der Waals surface area contributed by atoms with Gasteiger partial charge in [-0.25, -0.2) is 0 Å². The van der Waals surface area contributed by atoms with Gasteiger partial charge < -0.3 is 4.90 Å². The predicted octanol–water partition coefficient (Wildman–Crippen LogP) is 9.43. The Morgan fingerprint density at radius 2 is 1.24 bits per heavy atom. The molecule has 3 aliphatic rings. The van der Waals surface area contributed by atoms with Crippen molar-refractivity contribution < 1.29 is 0 Å². The van der Waals surface area contributed by atoms with Crippen LogP contribution in [0.2, 0.25) is 0 Å². The van der Waals surface area contributed by atoms with Crippen molar-refractivity contribution in [3.05, 3.63) is 137 Å². The van der Waals surface area contributed by atoms with Gasteiger partial charge in [-0.05, 0) is 63.6 Å². The number of rotatable bonds is 2. The number of benzene rings is 4. The molecule has 0 bridgehead atoms. The van der Waals surface area contributed by atoms with Crippen LogP contribution in [0.15, 0.2) is 120 Å². The maximum Gasteiger partial charge on any atom is 0.0499 e. The number of para-hydroxylation sites is 1. The molecule has 1 unspecified atom stereocenters. The fourth-order valence-corrected chi connectivity index (χ4v) is 7.02. The molecule has 0 spiro atoms. The summed E-state index contributed by atoms with van der Waals surface area (Å²) in [6, 6.07) is 38.0. The fourth-order valence-electron chi connectivity index (χ4n) is 7.02. The highest BCUT2D eigenvalue weighted by molar-refractivity contribution is 5.87. The number of nitrogens with zero attached hydrogens (tertiary/aromatic N) is 1. The normalized spacial score (nSPS) is 20.5. The summed E-state index contributed by atoms with van der Waals surface area (Å²) in [5.41, 5.74) is 13.7. The molecule has 4 aromatic carbocycles. The van der Waals surface area contributed by atoms with Gasteiger partial charge in [0.1, 0.15) is 0 Å². The van der Waals surface area contributed by atoms with Gasteiger partial charge in [-0.1, -0.05) is 119 Å². The molecule has 7 rings (SSSR count). The number of allylic oxidation sites excluding steroid dienone is 4. The van der Waals surface area contributed by atoms with Crippen LogP contribution < -0.4 is 4.90 Å². The molecule has 0 saturated heterocycles. The molecule has 2 aliphatic heterocycles. The van der Waals surface area contributed by atoms with Crippen molar-refractivity contribution in [2.75, 3.05) is 4.90 Å². The summed E-state index contributed by atoms with van der Waals surface area (Å²) in [5.74, 6) is 0.383. The third-order valence-electron chi connectivity index (χ3n) is 9.14. The second-order valence-electron chi connectivity index (χ2n) is 11.9. The molecule has 1 atom stereocenters. The van der Waals surface area contributed by atoms with Crippen LogP contribution in [0.1, 0.15) is 50.8 Å². The Balaban J connectivity index is 1.52. The van der Waals surface area contributed by atoms with E-state index in [1.165, 1.54) is 56.0 Å². The first-order valence-electron chi connectivity index (χ1n) is 13.5. The van der Waals surface area contributed by atoms with Crippen LogP contribution in [0.3, 0.4) is 0 Å². The SMILES string of the molecule is CC1(C)C2=C3C(CC(c4ccccc4)=C2)C(C)(C)c2cc(-c4ccccc4)ccc2N3c2ccccc21. The third kappa shape index (κ3) is 3.16. The number of hydrogen-bond donors (Lipinski definition) is 0. The average Bonchev–Trinajstić information content (AvgIpc) is 2.93. The van der Waals surface area contributed by atoms with Gasteiger partial charge in [0.15, 0.2) is 0 Å². The zero-order chi connectivity index (χ0) is 25.4. The highest BCUT2D eigenvalue weighted by Crippen LogP contribution is 2.61. The highest BCUT2D eigenvalue weighted by Gasteiger charge is 2.51. The largest absolute Gasteiger partial charge is 0.313 e. The average molecular weight is 480 g/mol. The maximum absolute atomic E-state index is 2.61. The molecule has 0 amide bonds. The molecule has 0 saturated carbocycles. The second-order valence-corrected chi connectivity index (χ2v) is 11.9. The Hall–Kier alpha value is -3.84. The van der Waals surface area contributed by atoms with Gasteiger partial charge in [-0.3, -0.25) is 0 Å². The van der Waals surface area contributed by atoms with Gasteiger partial charge in [-0.2, -0.15) is 0 Å². The van der Waals surface area contributed by atoms with E-state index < -0.39 is 0 Å². The molecule has 0 N–H and O–H groups in total. The molecule has 0 aromatic heterocycles. The minimum Gasteiger partial charge on any atom is -0.313 e. The lowest BCUT2D eigenvalue weighted by atomic mass is 9.58. The monoisotopic (exact) mass is 479 g/mol. The lowest BCUT2D eigenvalue weighted by Crippen LogP contribution is -2.47. The van der Waals surface area contributed by atoms with Crippen molar-refractivity contribution in [2.45, 2.75) is 44.9 Å². The van der Waals surface area contributed by atoms with Gasteiger partial charge in [0.25, 0.3) is 0 Å². The fraction of sp³-hybridized carbons (Fsp3) is 0.222. The van der Waals surface area contributed by atoms with E-state index in [1.807, 2.05) is 0 Å². The highest BCUT2D eigenvalue weighted by atomic mass is 15.2. The Morgan fingerprint density at radius 1 is 0.622 bits per heavy atom. The summed E-state index contributed by atoms with van der Waals surface area (Å²) in [6.45, 7) is 9.76. The van der Waals surface area contributed by atoms with Crippen molar-refractivity contribution in [1.82, 2.24) is 0 Å². The van der Waals surface area contributed by atoms with Crippen molar-refractivity contribution >= 4 is 16.9 Å². The first kappa shape index (κ1) is 22.4. The first-order valence-corrected chi connectivity index (χ1v) is 13.5. The van der Waals surface area contributed by atoms with E-state index in [2.05, 4.69) is 142 Å². The molecule has 1 heteroatoms. The topological polar surface area (TPSA) is 3.24 Å². The molecular weight excluding hydrogens is 446 g/mol. The summed E-state index contributed by atoms with van der Waals surface area (Å²) in [6.07, 6.45) is 3.56. The van der Waals surface area contributed by atoms with Crippen LogP contribution >= 0.6 is 0 Å². The first-order chi connectivity index (χ1) is 17.9. The smallest absolute Gasteiger partial charge is 0.0499 e. The van der Waals surface area contributed by atoms with Crippen molar-refractivity contribution in [1.29, 1.82) is 0 Å². The van der Waals surface area contributed by atoms with E-state index in [1.54, 1.807) is 0 Å². The van der Waals surface area contributed by atoms with Crippen LogP contribution in [-0.4, -0.2) is 0 Å². The van der Waals surface area contributed by atoms with E-state index in [-0.39, 0.29) is 10.8 Å². The van der Waals surface area contributed by atoms with Gasteiger partial charge in [-0.15, -0.1) is 0 Å². The van der Waals surface area contributed by atoms with Crippen LogP contribution in [0.25, 0.3) is 16.7 Å². The zero-order valence-corrected chi connectivity index (χ0v) is 22.1. The lowest BCUT2D eigenvalue weighted by molar-refractivity contribution is 0.343. The molecule has 2 heterocycles. The maximum atomic E-state index is 2.61. The van der Waals surface area contributed by atoms with Crippen LogP contribution in [0.4, 0.5) is 11.4 Å². The van der Waals surface area contributed by atoms with Crippen LogP contribution in [0.5, 0.6) is 0 Å². The van der Waals surface area contributed by atoms with Crippen LogP contribution in [0, 0.1) is 5.92 Å². The minimum atomic E-state index is -0.0707. The van der Waals surface area contributed by atoms with Gasteiger partial charge in [0, 0.05) is 33.8 Å². The van der Waals surface area contributed by atoms with Gasteiger partial charge in [0.05, 0.1) is 0 Å². The summed E-state index contributed by atoms with van der Waals surface area (Å²) < 4.78 is 0. The summed E-state index contributed by atoms with van der Waals surface area (Å²) in [5, 5.41) is 0. The molecule has 1 aliphatic carbocycles. The van der Waals surface area contributed by atoms with Crippen molar-refractivity contribution in [2.24, 2.45) is 5.92 Å².